The van der Waals surface area contributed by atoms with Crippen molar-refractivity contribution in [2.45, 2.75) is 19.9 Å². The van der Waals surface area contributed by atoms with E-state index in [2.05, 4.69) is 15.9 Å². The van der Waals surface area contributed by atoms with Gasteiger partial charge in [-0.15, -0.1) is 0 Å². The summed E-state index contributed by atoms with van der Waals surface area (Å²) in [5.74, 6) is -2.71. The van der Waals surface area contributed by atoms with E-state index in [-0.39, 0.29) is 23.2 Å². The fraction of sp³-hybridized carbons (Fsp3) is 0.304. The molecule has 30 heavy (non-hydrogen) atoms. The van der Waals surface area contributed by atoms with Crippen LogP contribution in [0.25, 0.3) is 5.76 Å². The number of likely N-dealkylation sites (N-methyl/N-ethyl adjacent to an activating group) is 1. The number of amides is 1. The quantitative estimate of drug-likeness (QED) is 0.377. The second-order valence-electron chi connectivity index (χ2n) is 7.21. The highest BCUT2D eigenvalue weighted by Gasteiger charge is 2.45. The second kappa shape index (κ2) is 9.53. The van der Waals surface area contributed by atoms with Gasteiger partial charge in [0.2, 0.25) is 5.78 Å². The van der Waals surface area contributed by atoms with Gasteiger partial charge in [-0.05, 0) is 37.6 Å². The van der Waals surface area contributed by atoms with Gasteiger partial charge < -0.3 is 14.9 Å². The normalized spacial score (nSPS) is 18.4. The summed E-state index contributed by atoms with van der Waals surface area (Å²) in [7, 11) is 0. The lowest BCUT2D eigenvalue weighted by atomic mass is 9.95. The molecule has 2 aromatic rings. The lowest BCUT2D eigenvalue weighted by molar-refractivity contribution is -0.895. The molecule has 3 rings (SSSR count). The Morgan fingerprint density at radius 2 is 1.73 bits per heavy atom. The molecule has 1 heterocycles. The molecule has 0 aromatic heterocycles. The SMILES string of the molecule is CC[NH+](CC)CCN1C(=O)C(=O)C(=C([O-])c2ccc(Br)cc2)C1c1ccccc1F. The number of carbonyl (C=O) groups excluding carboxylic acids is 2. The third kappa shape index (κ3) is 4.32. The van der Waals surface area contributed by atoms with Crippen molar-refractivity contribution >= 4 is 33.4 Å². The van der Waals surface area contributed by atoms with Crippen LogP contribution in [0.3, 0.4) is 0 Å². The predicted molar refractivity (Wildman–Crippen MR) is 114 cm³/mol. The molecule has 1 aliphatic heterocycles. The van der Waals surface area contributed by atoms with Crippen LogP contribution in [0.4, 0.5) is 4.39 Å². The Labute approximate surface area is 183 Å². The van der Waals surface area contributed by atoms with E-state index < -0.39 is 29.3 Å². The van der Waals surface area contributed by atoms with Gasteiger partial charge in [0.15, 0.2) is 0 Å². The topological polar surface area (TPSA) is 64.9 Å². The first kappa shape index (κ1) is 22.2. The van der Waals surface area contributed by atoms with Crippen LogP contribution in [-0.2, 0) is 9.59 Å². The van der Waals surface area contributed by atoms with Crippen LogP contribution in [0.15, 0.2) is 58.6 Å². The van der Waals surface area contributed by atoms with Gasteiger partial charge in [0.1, 0.15) is 5.82 Å². The number of likely N-dealkylation sites (tertiary alicyclic amines) is 1. The second-order valence-corrected chi connectivity index (χ2v) is 8.12. The number of nitrogens with zero attached hydrogens (tertiary/aromatic N) is 1. The zero-order chi connectivity index (χ0) is 21.8. The lowest BCUT2D eigenvalue weighted by Gasteiger charge is -2.28. The molecule has 1 saturated heterocycles. The van der Waals surface area contributed by atoms with Gasteiger partial charge in [0.05, 0.1) is 32.2 Å². The molecular weight excluding hydrogens is 451 g/mol. The monoisotopic (exact) mass is 474 g/mol. The van der Waals surface area contributed by atoms with Gasteiger partial charge >= 0.3 is 0 Å². The number of hydrogen-bond acceptors (Lipinski definition) is 3. The average molecular weight is 475 g/mol. The number of benzene rings is 2. The molecule has 1 unspecified atom stereocenters. The van der Waals surface area contributed by atoms with Crippen molar-refractivity contribution in [2.24, 2.45) is 0 Å². The van der Waals surface area contributed by atoms with Crippen molar-refractivity contribution in [3.8, 4) is 0 Å². The maximum Gasteiger partial charge on any atom is 0.295 e. The van der Waals surface area contributed by atoms with Crippen LogP contribution in [0, 0.1) is 5.82 Å². The fourth-order valence-electron chi connectivity index (χ4n) is 3.76. The van der Waals surface area contributed by atoms with Crippen molar-refractivity contribution in [2.75, 3.05) is 26.2 Å². The van der Waals surface area contributed by atoms with E-state index in [4.69, 9.17) is 0 Å². The van der Waals surface area contributed by atoms with Crippen LogP contribution in [0.5, 0.6) is 0 Å². The number of rotatable bonds is 7. The van der Waals surface area contributed by atoms with E-state index in [1.807, 2.05) is 13.8 Å². The smallest absolute Gasteiger partial charge is 0.295 e. The number of hydrogen-bond donors (Lipinski definition) is 1. The first-order valence-corrected chi connectivity index (χ1v) is 10.8. The van der Waals surface area contributed by atoms with Crippen molar-refractivity contribution in [3.05, 3.63) is 75.5 Å². The zero-order valence-electron chi connectivity index (χ0n) is 17.0. The third-order valence-electron chi connectivity index (χ3n) is 5.54. The van der Waals surface area contributed by atoms with E-state index in [9.17, 15) is 19.1 Å². The lowest BCUT2D eigenvalue weighted by Crippen LogP contribution is -3.12. The minimum Gasteiger partial charge on any atom is -0.872 e. The maximum absolute atomic E-state index is 14.7. The summed E-state index contributed by atoms with van der Waals surface area (Å²) in [5, 5.41) is 13.2. The summed E-state index contributed by atoms with van der Waals surface area (Å²) >= 11 is 3.32. The number of Topliss-reactive ketones (excluding diaryl/α,β-unsaturated/α-hetero) is 1. The Hall–Kier alpha value is -2.51. The van der Waals surface area contributed by atoms with Gasteiger partial charge in [0.25, 0.3) is 5.91 Å². The summed E-state index contributed by atoms with van der Waals surface area (Å²) in [5.41, 5.74) is 0.251. The standard InChI is InChI=1S/C23H24BrFN2O3/c1-3-26(4-2)13-14-27-20(17-7-5-6-8-18(17)25)19(22(29)23(27)30)21(28)15-9-11-16(24)12-10-15/h5-12,20,28H,3-4,13-14H2,1-2H3. The molecular formula is C23H24BrFN2O3. The van der Waals surface area contributed by atoms with Gasteiger partial charge in [-0.25, -0.2) is 4.39 Å². The Morgan fingerprint density at radius 1 is 1.10 bits per heavy atom. The molecule has 0 spiro atoms. The van der Waals surface area contributed by atoms with E-state index in [0.29, 0.717) is 6.54 Å². The maximum atomic E-state index is 14.7. The molecule has 1 atom stereocenters. The molecule has 1 N–H and O–H groups in total. The van der Waals surface area contributed by atoms with E-state index in [0.717, 1.165) is 17.6 Å². The highest BCUT2D eigenvalue weighted by Crippen LogP contribution is 2.39. The molecule has 7 heteroatoms. The molecule has 0 bridgehead atoms. The molecule has 1 aliphatic rings. The average Bonchev–Trinajstić information content (AvgIpc) is 2.99. The zero-order valence-corrected chi connectivity index (χ0v) is 18.5. The largest absolute Gasteiger partial charge is 0.872 e. The molecule has 1 fully saturated rings. The Morgan fingerprint density at radius 3 is 2.33 bits per heavy atom. The van der Waals surface area contributed by atoms with Crippen LogP contribution in [0.1, 0.15) is 31.0 Å². The number of carbonyl (C=O) groups is 2. The van der Waals surface area contributed by atoms with Crippen LogP contribution >= 0.6 is 15.9 Å². The van der Waals surface area contributed by atoms with E-state index in [1.54, 1.807) is 30.3 Å². The molecule has 0 saturated carbocycles. The summed E-state index contributed by atoms with van der Waals surface area (Å²) < 4.78 is 15.5. The summed E-state index contributed by atoms with van der Waals surface area (Å²) in [6, 6.07) is 11.5. The van der Waals surface area contributed by atoms with Crippen LogP contribution < -0.4 is 10.0 Å². The van der Waals surface area contributed by atoms with E-state index >= 15 is 0 Å². The number of quaternary nitrogens is 1. The molecule has 158 valence electrons. The summed E-state index contributed by atoms with van der Waals surface area (Å²) in [6.07, 6.45) is 0. The Bertz CT molecular complexity index is 971. The minimum absolute atomic E-state index is 0.159. The van der Waals surface area contributed by atoms with Crippen molar-refractivity contribution in [1.82, 2.24) is 4.90 Å². The number of ketones is 1. The summed E-state index contributed by atoms with van der Waals surface area (Å²) in [4.78, 5) is 28.3. The van der Waals surface area contributed by atoms with Crippen molar-refractivity contribution < 1.29 is 24.0 Å². The van der Waals surface area contributed by atoms with Crippen LogP contribution in [0.2, 0.25) is 0 Å². The molecule has 0 radical (unpaired) electrons. The molecule has 0 aliphatic carbocycles. The van der Waals surface area contributed by atoms with E-state index in [1.165, 1.54) is 28.0 Å². The summed E-state index contributed by atoms with van der Waals surface area (Å²) in [6.45, 7) is 6.68. The number of halogens is 2. The van der Waals surface area contributed by atoms with Crippen molar-refractivity contribution in [1.29, 1.82) is 0 Å². The van der Waals surface area contributed by atoms with Gasteiger partial charge in [-0.3, -0.25) is 9.59 Å². The van der Waals surface area contributed by atoms with Gasteiger partial charge in [-0.1, -0.05) is 52.0 Å². The number of nitrogens with one attached hydrogen (secondary N) is 1. The van der Waals surface area contributed by atoms with Crippen molar-refractivity contribution in [3.63, 3.8) is 0 Å². The highest BCUT2D eigenvalue weighted by atomic mass is 79.9. The molecule has 2 aromatic carbocycles. The highest BCUT2D eigenvalue weighted by molar-refractivity contribution is 9.10. The first-order chi connectivity index (χ1) is 14.4. The predicted octanol–water partition coefficient (Wildman–Crippen LogP) is 1.74. The first-order valence-electron chi connectivity index (χ1n) is 9.99. The van der Waals surface area contributed by atoms with Gasteiger partial charge in [-0.2, -0.15) is 0 Å². The van der Waals surface area contributed by atoms with Crippen LogP contribution in [-0.4, -0.2) is 42.8 Å². The Balaban J connectivity index is 2.11. The fourth-order valence-corrected chi connectivity index (χ4v) is 4.02. The third-order valence-corrected chi connectivity index (χ3v) is 6.07. The Kier molecular flexibility index (Phi) is 7.05. The minimum atomic E-state index is -1.03. The van der Waals surface area contributed by atoms with Gasteiger partial charge in [0, 0.05) is 15.6 Å². The molecule has 5 nitrogen and oxygen atoms in total. The molecule has 1 amide bonds.